The van der Waals surface area contributed by atoms with Gasteiger partial charge in [-0.15, -0.1) is 0 Å². The maximum atomic E-state index is 14.5. The van der Waals surface area contributed by atoms with Crippen molar-refractivity contribution in [3.8, 4) is 0 Å². The Morgan fingerprint density at radius 2 is 1.32 bits per heavy atom. The third-order valence-corrected chi connectivity index (χ3v) is 10.1. The van der Waals surface area contributed by atoms with Crippen molar-refractivity contribution in [2.45, 2.75) is 50.2 Å². The number of carbonyl (C=O) groups is 2. The fourth-order valence-electron chi connectivity index (χ4n) is 4.64. The van der Waals surface area contributed by atoms with Gasteiger partial charge in [0.05, 0.1) is 10.6 Å². The average molecular weight is 742 g/mol. The summed E-state index contributed by atoms with van der Waals surface area (Å²) in [5, 5.41) is 3.05. The zero-order chi connectivity index (χ0) is 31.7. The van der Waals surface area contributed by atoms with E-state index < -0.39 is 28.5 Å². The van der Waals surface area contributed by atoms with Crippen LogP contribution >= 0.6 is 31.9 Å². The second-order valence-corrected chi connectivity index (χ2v) is 14.2. The van der Waals surface area contributed by atoms with Crippen molar-refractivity contribution in [3.05, 3.63) is 129 Å². The van der Waals surface area contributed by atoms with Gasteiger partial charge in [-0.25, -0.2) is 8.42 Å². The highest BCUT2D eigenvalue weighted by Gasteiger charge is 2.35. The van der Waals surface area contributed by atoms with Gasteiger partial charge in [-0.05, 0) is 73.0 Å². The Balaban J connectivity index is 1.79. The standard InChI is InChI=1S/C34H35Br2N3O4S/c1-3-25(2)37-34(41)32(22-26-10-6-4-7-11-26)38(23-27-14-16-28(35)17-15-27)33(40)24-39(30-20-18-29(36)19-21-30)44(42,43)31-12-8-5-9-13-31/h4-21,25,32H,3,22-24H2,1-2H3,(H,37,41)/t25-,32+/m0/s1. The summed E-state index contributed by atoms with van der Waals surface area (Å²) in [6.07, 6.45) is 0.978. The van der Waals surface area contributed by atoms with Crippen LogP contribution in [0, 0.1) is 0 Å². The van der Waals surface area contributed by atoms with E-state index in [0.717, 1.165) is 30.8 Å². The number of hydrogen-bond donors (Lipinski definition) is 1. The van der Waals surface area contributed by atoms with Crippen LogP contribution in [-0.4, -0.2) is 43.8 Å². The summed E-state index contributed by atoms with van der Waals surface area (Å²) in [7, 11) is -4.14. The zero-order valence-electron chi connectivity index (χ0n) is 24.6. The summed E-state index contributed by atoms with van der Waals surface area (Å²) in [5.74, 6) is -0.801. The van der Waals surface area contributed by atoms with Crippen molar-refractivity contribution in [2.75, 3.05) is 10.8 Å². The van der Waals surface area contributed by atoms with Crippen LogP contribution in [0.4, 0.5) is 5.69 Å². The molecular weight excluding hydrogens is 706 g/mol. The van der Waals surface area contributed by atoms with Crippen molar-refractivity contribution in [3.63, 3.8) is 0 Å². The van der Waals surface area contributed by atoms with E-state index in [1.807, 2.05) is 68.4 Å². The Morgan fingerprint density at radius 3 is 1.89 bits per heavy atom. The average Bonchev–Trinajstić information content (AvgIpc) is 3.03. The molecule has 0 aliphatic heterocycles. The van der Waals surface area contributed by atoms with Gasteiger partial charge in [0, 0.05) is 28.0 Å². The van der Waals surface area contributed by atoms with E-state index >= 15 is 0 Å². The van der Waals surface area contributed by atoms with E-state index in [4.69, 9.17) is 0 Å². The number of halogens is 2. The number of rotatable bonds is 13. The first kappa shape index (κ1) is 33.4. The van der Waals surface area contributed by atoms with Crippen LogP contribution in [0.15, 0.2) is 123 Å². The number of sulfonamides is 1. The first-order valence-electron chi connectivity index (χ1n) is 14.3. The number of hydrogen-bond acceptors (Lipinski definition) is 4. The minimum Gasteiger partial charge on any atom is -0.352 e. The fourth-order valence-corrected chi connectivity index (χ4v) is 6.60. The Morgan fingerprint density at radius 1 is 0.773 bits per heavy atom. The molecule has 7 nitrogen and oxygen atoms in total. The van der Waals surface area contributed by atoms with Gasteiger partial charge in [0.25, 0.3) is 10.0 Å². The molecule has 44 heavy (non-hydrogen) atoms. The number of nitrogens with zero attached hydrogens (tertiary/aromatic N) is 2. The molecule has 0 aliphatic carbocycles. The van der Waals surface area contributed by atoms with Gasteiger partial charge in [-0.1, -0.05) is 99.4 Å². The molecule has 0 aromatic heterocycles. The monoisotopic (exact) mass is 739 g/mol. The zero-order valence-corrected chi connectivity index (χ0v) is 28.6. The summed E-state index contributed by atoms with van der Waals surface area (Å²) in [6, 6.07) is 30.8. The molecule has 4 aromatic rings. The summed E-state index contributed by atoms with van der Waals surface area (Å²) in [4.78, 5) is 29.9. The molecule has 0 spiro atoms. The maximum Gasteiger partial charge on any atom is 0.264 e. The Kier molecular flexibility index (Phi) is 11.8. The van der Waals surface area contributed by atoms with Gasteiger partial charge in [0.2, 0.25) is 11.8 Å². The highest BCUT2D eigenvalue weighted by molar-refractivity contribution is 9.10. The molecule has 2 amide bonds. The largest absolute Gasteiger partial charge is 0.352 e. The SMILES string of the molecule is CC[C@H](C)NC(=O)[C@@H](Cc1ccccc1)N(Cc1ccc(Br)cc1)C(=O)CN(c1ccc(Br)cc1)S(=O)(=O)c1ccccc1. The molecule has 4 aromatic carbocycles. The van der Waals surface area contributed by atoms with Crippen LogP contribution in [0.2, 0.25) is 0 Å². The van der Waals surface area contributed by atoms with Crippen LogP contribution in [0.5, 0.6) is 0 Å². The molecule has 1 N–H and O–H groups in total. The van der Waals surface area contributed by atoms with E-state index in [2.05, 4.69) is 37.2 Å². The van der Waals surface area contributed by atoms with E-state index in [-0.39, 0.29) is 29.8 Å². The Hall–Kier alpha value is -3.47. The van der Waals surface area contributed by atoms with Gasteiger partial charge >= 0.3 is 0 Å². The second-order valence-electron chi connectivity index (χ2n) is 10.5. The molecule has 0 aliphatic rings. The number of carbonyl (C=O) groups excluding carboxylic acids is 2. The molecule has 0 bridgehead atoms. The summed E-state index contributed by atoms with van der Waals surface area (Å²) >= 11 is 6.87. The van der Waals surface area contributed by atoms with Gasteiger partial charge in [0.1, 0.15) is 12.6 Å². The molecule has 0 fully saturated rings. The number of anilines is 1. The molecule has 0 radical (unpaired) electrons. The van der Waals surface area contributed by atoms with Crippen LogP contribution in [0.1, 0.15) is 31.4 Å². The molecule has 10 heteroatoms. The minimum absolute atomic E-state index is 0.0607. The smallest absolute Gasteiger partial charge is 0.264 e. The molecule has 0 saturated heterocycles. The first-order valence-corrected chi connectivity index (χ1v) is 17.3. The van der Waals surface area contributed by atoms with Gasteiger partial charge in [0.15, 0.2) is 0 Å². The van der Waals surface area contributed by atoms with Gasteiger partial charge in [-0.3, -0.25) is 13.9 Å². The molecule has 230 valence electrons. The minimum atomic E-state index is -4.14. The number of benzene rings is 4. The molecule has 2 atom stereocenters. The summed E-state index contributed by atoms with van der Waals surface area (Å²) in [6.45, 7) is 3.50. The normalized spacial score (nSPS) is 12.6. The highest BCUT2D eigenvalue weighted by atomic mass is 79.9. The van der Waals surface area contributed by atoms with E-state index in [9.17, 15) is 18.0 Å². The third kappa shape index (κ3) is 8.80. The molecular formula is C34H35Br2N3O4S. The van der Waals surface area contributed by atoms with Crippen LogP contribution in [0.25, 0.3) is 0 Å². The number of nitrogens with one attached hydrogen (secondary N) is 1. The Bertz CT molecular complexity index is 1640. The lowest BCUT2D eigenvalue weighted by molar-refractivity contribution is -0.140. The lowest BCUT2D eigenvalue weighted by atomic mass is 10.0. The lowest BCUT2D eigenvalue weighted by Crippen LogP contribution is -2.54. The van der Waals surface area contributed by atoms with Crippen molar-refractivity contribution < 1.29 is 18.0 Å². The van der Waals surface area contributed by atoms with Crippen molar-refractivity contribution in [1.82, 2.24) is 10.2 Å². The molecule has 4 rings (SSSR count). The van der Waals surface area contributed by atoms with Crippen LogP contribution in [-0.2, 0) is 32.6 Å². The number of amides is 2. The van der Waals surface area contributed by atoms with Crippen LogP contribution < -0.4 is 9.62 Å². The van der Waals surface area contributed by atoms with Gasteiger partial charge in [-0.2, -0.15) is 0 Å². The van der Waals surface area contributed by atoms with Crippen molar-refractivity contribution in [2.24, 2.45) is 0 Å². The summed E-state index contributed by atoms with van der Waals surface area (Å²) < 4.78 is 30.8. The van der Waals surface area contributed by atoms with E-state index in [0.29, 0.717) is 5.69 Å². The Labute approximate surface area is 276 Å². The molecule has 0 saturated carbocycles. The van der Waals surface area contributed by atoms with E-state index in [1.54, 1.807) is 42.5 Å². The highest BCUT2D eigenvalue weighted by Crippen LogP contribution is 2.26. The van der Waals surface area contributed by atoms with Crippen molar-refractivity contribution in [1.29, 1.82) is 0 Å². The topological polar surface area (TPSA) is 86.8 Å². The second kappa shape index (κ2) is 15.5. The first-order chi connectivity index (χ1) is 21.1. The maximum absolute atomic E-state index is 14.5. The van der Waals surface area contributed by atoms with Crippen LogP contribution in [0.3, 0.4) is 0 Å². The van der Waals surface area contributed by atoms with Gasteiger partial charge < -0.3 is 10.2 Å². The van der Waals surface area contributed by atoms with Crippen molar-refractivity contribution >= 4 is 59.4 Å². The molecule has 0 unspecified atom stereocenters. The summed E-state index contributed by atoms with van der Waals surface area (Å²) in [5.41, 5.74) is 2.02. The molecule has 0 heterocycles. The fraction of sp³-hybridized carbons (Fsp3) is 0.235. The predicted molar refractivity (Wildman–Crippen MR) is 182 cm³/mol. The van der Waals surface area contributed by atoms with E-state index in [1.165, 1.54) is 17.0 Å². The lowest BCUT2D eigenvalue weighted by Gasteiger charge is -2.34. The third-order valence-electron chi connectivity index (χ3n) is 7.26. The quantitative estimate of drug-likeness (QED) is 0.161. The predicted octanol–water partition coefficient (Wildman–Crippen LogP) is 6.96.